The van der Waals surface area contributed by atoms with Gasteiger partial charge in [-0.2, -0.15) is 28.9 Å². The topological polar surface area (TPSA) is 156 Å². The molecule has 1 saturated heterocycles. The summed E-state index contributed by atoms with van der Waals surface area (Å²) < 4.78 is 79.8. The van der Waals surface area contributed by atoms with Gasteiger partial charge in [0.2, 0.25) is 0 Å². The van der Waals surface area contributed by atoms with Crippen LogP contribution in [0.1, 0.15) is 88.3 Å². The summed E-state index contributed by atoms with van der Waals surface area (Å²) in [7, 11) is 0. The number of hydrogen-bond acceptors (Lipinski definition) is 8. The lowest BCUT2D eigenvalue weighted by molar-refractivity contribution is -0.135. The highest BCUT2D eigenvalue weighted by atomic mass is 35.5. The van der Waals surface area contributed by atoms with Crippen molar-refractivity contribution in [2.75, 3.05) is 6.61 Å². The van der Waals surface area contributed by atoms with Gasteiger partial charge in [0, 0.05) is 11.1 Å². The molecule has 13 nitrogen and oxygen atoms in total. The molecule has 1 aliphatic heterocycles. The van der Waals surface area contributed by atoms with Crippen molar-refractivity contribution in [3.8, 4) is 16.9 Å². The molecule has 3 fully saturated rings. The zero-order chi connectivity index (χ0) is 40.4. The molecule has 0 unspecified atom stereocenters. The maximum atomic E-state index is 16.5. The van der Waals surface area contributed by atoms with E-state index in [1.807, 2.05) is 20.8 Å². The Morgan fingerprint density at radius 3 is 2.54 bits per heavy atom. The molecule has 19 heteroatoms. The monoisotopic (exact) mass is 800 g/mol. The first-order valence-electron chi connectivity index (χ1n) is 17.8. The van der Waals surface area contributed by atoms with Crippen LogP contribution < -0.4 is 10.6 Å². The van der Waals surface area contributed by atoms with Crippen molar-refractivity contribution < 1.29 is 36.3 Å². The Kier molecular flexibility index (Phi) is 9.69. The van der Waals surface area contributed by atoms with Crippen LogP contribution in [0.25, 0.3) is 16.9 Å². The molecule has 56 heavy (non-hydrogen) atoms. The van der Waals surface area contributed by atoms with Gasteiger partial charge in [0.25, 0.3) is 18.3 Å². The number of guanidine groups is 1. The van der Waals surface area contributed by atoms with E-state index in [1.54, 1.807) is 10.9 Å². The van der Waals surface area contributed by atoms with E-state index >= 15 is 9.18 Å². The molecule has 2 aliphatic carbocycles. The average Bonchev–Trinajstić information content (AvgIpc) is 4.00. The van der Waals surface area contributed by atoms with Crippen LogP contribution in [0.5, 0.6) is 0 Å². The van der Waals surface area contributed by atoms with E-state index in [9.17, 15) is 22.4 Å². The van der Waals surface area contributed by atoms with Crippen molar-refractivity contribution in [1.82, 2.24) is 45.3 Å². The zero-order valence-corrected chi connectivity index (χ0v) is 31.3. The number of ether oxygens (including phenoxy) is 1. The van der Waals surface area contributed by atoms with E-state index < -0.39 is 71.1 Å². The van der Waals surface area contributed by atoms with Gasteiger partial charge in [-0.3, -0.25) is 15.1 Å². The molecular formula is C37H38ClF5N10O3. The predicted octanol–water partition coefficient (Wildman–Crippen LogP) is 7.41. The van der Waals surface area contributed by atoms with Gasteiger partial charge in [0.1, 0.15) is 35.5 Å². The highest BCUT2D eigenvalue weighted by molar-refractivity contribution is 6.32. The number of nitrogens with one attached hydrogen (secondary N) is 3. The van der Waals surface area contributed by atoms with Gasteiger partial charge in [-0.15, -0.1) is 0 Å². The summed E-state index contributed by atoms with van der Waals surface area (Å²) in [5.41, 5.74) is -3.64. The lowest BCUT2D eigenvalue weighted by Crippen LogP contribution is -2.50. The van der Waals surface area contributed by atoms with Crippen molar-refractivity contribution in [2.45, 2.75) is 88.4 Å². The minimum absolute atomic E-state index is 0.0262. The van der Waals surface area contributed by atoms with Gasteiger partial charge < -0.3 is 15.4 Å². The number of rotatable bonds is 13. The number of alkyl carbamates (subject to hydrolysis) is 1. The Balaban J connectivity index is 1.28. The molecule has 2 amide bonds. The standard InChI is InChI=1S/C37H38ClF5N10O3/c1-5-37(42,43)35(12-13-35)49-33(55)56-17-28(21-7-11-24(38)27(15-21)52-30(29(40)41)45-19-47-52)51-31(54)36(48-32(51)44,18-34(2,3)4)23-10-6-20(14-25(23)39)26-16-46-53(50-26)22-8-9-22/h5-7,10-11,14-16,19,22,28-29H,1,8-9,12-13,17-18H2,2-4H3,(H2,44,48)(H,49,55)/t28-,36-/m1/s1. The van der Waals surface area contributed by atoms with Crippen molar-refractivity contribution in [3.63, 3.8) is 0 Å². The Hall–Kier alpha value is -5.39. The third-order valence-electron chi connectivity index (χ3n) is 10.1. The molecule has 2 aromatic carbocycles. The number of benzene rings is 2. The third kappa shape index (κ3) is 7.10. The molecule has 3 heterocycles. The van der Waals surface area contributed by atoms with E-state index in [2.05, 4.69) is 37.5 Å². The predicted molar refractivity (Wildman–Crippen MR) is 193 cm³/mol. The summed E-state index contributed by atoms with van der Waals surface area (Å²) in [4.78, 5) is 34.3. The number of alkyl halides is 4. The van der Waals surface area contributed by atoms with E-state index in [1.165, 1.54) is 36.5 Å². The Labute approximate surface area is 322 Å². The van der Waals surface area contributed by atoms with Crippen LogP contribution in [0.3, 0.4) is 0 Å². The molecule has 3 aliphatic rings. The quantitative estimate of drug-likeness (QED) is 0.0933. The maximum absolute atomic E-state index is 16.5. The van der Waals surface area contributed by atoms with Gasteiger partial charge in [-0.1, -0.05) is 57.2 Å². The maximum Gasteiger partial charge on any atom is 0.407 e. The van der Waals surface area contributed by atoms with Crippen LogP contribution in [0.2, 0.25) is 5.02 Å². The van der Waals surface area contributed by atoms with Crippen molar-refractivity contribution in [2.24, 2.45) is 5.41 Å². The van der Waals surface area contributed by atoms with Gasteiger partial charge in [-0.05, 0) is 67.4 Å². The fourth-order valence-corrected chi connectivity index (χ4v) is 7.27. The first-order valence-corrected chi connectivity index (χ1v) is 18.1. The summed E-state index contributed by atoms with van der Waals surface area (Å²) in [6, 6.07) is 7.13. The Morgan fingerprint density at radius 1 is 1.18 bits per heavy atom. The molecule has 296 valence electrons. The molecule has 2 saturated carbocycles. The van der Waals surface area contributed by atoms with E-state index in [0.717, 1.165) is 28.8 Å². The van der Waals surface area contributed by atoms with Crippen molar-refractivity contribution in [1.29, 1.82) is 5.41 Å². The second kappa shape index (κ2) is 14.0. The summed E-state index contributed by atoms with van der Waals surface area (Å²) in [6.07, 6.45) is 0.349. The number of hydrogen-bond donors (Lipinski definition) is 3. The first kappa shape index (κ1) is 38.9. The molecule has 7 rings (SSSR count). The van der Waals surface area contributed by atoms with Gasteiger partial charge in [0.15, 0.2) is 11.8 Å². The fourth-order valence-electron chi connectivity index (χ4n) is 7.08. The zero-order valence-electron chi connectivity index (χ0n) is 30.5. The SMILES string of the molecule is C=CC(F)(F)C1(NC(=O)OC[C@H](c2ccc(Cl)c(-n3ncnc3C(F)F)c2)N2C(=N)N[C@](CC(C)(C)C)(c3ccc(-c4cnn(C5CC5)n4)cc3F)C2=O)CC1. The Bertz CT molecular complexity index is 2210. The number of amides is 2. The number of carbonyl (C=O) groups excluding carboxylic acids is 2. The molecule has 2 aromatic heterocycles. The van der Waals surface area contributed by atoms with Crippen LogP contribution in [0.15, 0.2) is 61.6 Å². The third-order valence-corrected chi connectivity index (χ3v) is 10.4. The minimum atomic E-state index is -3.45. The number of carbonyl (C=O) groups is 2. The number of nitrogens with zero attached hydrogens (tertiary/aromatic N) is 7. The van der Waals surface area contributed by atoms with E-state index in [4.69, 9.17) is 21.7 Å². The molecule has 3 N–H and O–H groups in total. The van der Waals surface area contributed by atoms with E-state index in [0.29, 0.717) is 17.3 Å². The minimum Gasteiger partial charge on any atom is -0.447 e. The second-order valence-electron chi connectivity index (χ2n) is 15.5. The van der Waals surface area contributed by atoms with Crippen LogP contribution in [0.4, 0.5) is 26.7 Å². The molecule has 0 bridgehead atoms. The lowest BCUT2D eigenvalue weighted by atomic mass is 9.75. The summed E-state index contributed by atoms with van der Waals surface area (Å²) >= 11 is 6.45. The van der Waals surface area contributed by atoms with Crippen LogP contribution in [0, 0.1) is 16.6 Å². The second-order valence-corrected chi connectivity index (χ2v) is 15.9. The summed E-state index contributed by atoms with van der Waals surface area (Å²) in [5, 5.41) is 26.9. The summed E-state index contributed by atoms with van der Waals surface area (Å²) in [6.45, 7) is 7.94. The highest BCUT2D eigenvalue weighted by Crippen LogP contribution is 2.49. The molecule has 2 atom stereocenters. The average molecular weight is 801 g/mol. The first-order chi connectivity index (χ1) is 26.4. The molecule has 4 aromatic rings. The number of halogens is 6. The Morgan fingerprint density at radius 2 is 1.91 bits per heavy atom. The fraction of sp³-hybridized carbons (Fsp3) is 0.432. The van der Waals surface area contributed by atoms with Gasteiger partial charge in [-0.25, -0.2) is 27.6 Å². The van der Waals surface area contributed by atoms with Gasteiger partial charge in [0.05, 0.1) is 29.0 Å². The van der Waals surface area contributed by atoms with Crippen molar-refractivity contribution in [3.05, 3.63) is 89.4 Å². The largest absolute Gasteiger partial charge is 0.447 e. The van der Waals surface area contributed by atoms with Gasteiger partial charge >= 0.3 is 6.09 Å². The molecule has 0 spiro atoms. The van der Waals surface area contributed by atoms with Crippen LogP contribution in [-0.2, 0) is 15.1 Å². The number of aromatic nitrogens is 6. The van der Waals surface area contributed by atoms with E-state index in [-0.39, 0.29) is 47.1 Å². The molecule has 0 radical (unpaired) electrons. The normalized spacial score (nSPS) is 19.9. The van der Waals surface area contributed by atoms with Crippen LogP contribution >= 0.6 is 11.6 Å². The van der Waals surface area contributed by atoms with Crippen LogP contribution in [-0.4, -0.2) is 70.7 Å². The van der Waals surface area contributed by atoms with Crippen molar-refractivity contribution >= 4 is 29.6 Å². The highest BCUT2D eigenvalue weighted by Gasteiger charge is 2.62. The smallest absolute Gasteiger partial charge is 0.407 e. The lowest BCUT2D eigenvalue weighted by Gasteiger charge is -2.35. The summed E-state index contributed by atoms with van der Waals surface area (Å²) in [5.74, 6) is -6.27. The molecular weight excluding hydrogens is 763 g/mol.